The van der Waals surface area contributed by atoms with Gasteiger partial charge in [0.1, 0.15) is 5.69 Å². The normalized spacial score (nSPS) is 14.2. The van der Waals surface area contributed by atoms with Crippen LogP contribution in [0.1, 0.15) is 42.7 Å². The van der Waals surface area contributed by atoms with Crippen LogP contribution in [0.15, 0.2) is 59.4 Å². The van der Waals surface area contributed by atoms with E-state index in [2.05, 4.69) is 15.3 Å². The summed E-state index contributed by atoms with van der Waals surface area (Å²) in [4.78, 5) is 35.1. The van der Waals surface area contributed by atoms with Crippen molar-refractivity contribution in [3.05, 3.63) is 60.7 Å². The minimum atomic E-state index is -0.412. The van der Waals surface area contributed by atoms with Gasteiger partial charge in [0.15, 0.2) is 11.5 Å². The number of hydrogen-bond acceptors (Lipinski definition) is 5. The Hall–Kier alpha value is -3.48. The fourth-order valence-corrected chi connectivity index (χ4v) is 3.89. The third-order valence-electron chi connectivity index (χ3n) is 5.78. The van der Waals surface area contributed by atoms with Gasteiger partial charge in [-0.15, -0.1) is 0 Å². The van der Waals surface area contributed by atoms with Gasteiger partial charge in [-0.1, -0.05) is 25.3 Å². The molecule has 7 nitrogen and oxygen atoms in total. The van der Waals surface area contributed by atoms with Crippen molar-refractivity contribution in [2.75, 3.05) is 13.6 Å². The Kier molecular flexibility index (Phi) is 6.40. The maximum Gasteiger partial charge on any atom is 0.287 e. The van der Waals surface area contributed by atoms with Crippen LogP contribution in [0, 0.1) is 0 Å². The van der Waals surface area contributed by atoms with Crippen LogP contribution in [-0.2, 0) is 4.79 Å². The van der Waals surface area contributed by atoms with Gasteiger partial charge in [-0.05, 0) is 48.7 Å². The summed E-state index contributed by atoms with van der Waals surface area (Å²) in [6, 6.07) is 11.2. The standard InChI is InChI=1S/C24H26N4O3/c1-28(19-5-3-2-4-6-19)23(29)16-27-24(30)22-10-9-21(31-22)20-8-7-18(15-26-20)17-11-13-25-14-12-17/h7-15,19H,2-6,16H2,1H3,(H,27,30). The molecule has 3 aromatic rings. The number of nitrogens with one attached hydrogen (secondary N) is 1. The lowest BCUT2D eigenvalue weighted by atomic mass is 9.94. The maximum atomic E-state index is 12.4. The van der Waals surface area contributed by atoms with Crippen LogP contribution in [-0.4, -0.2) is 46.3 Å². The molecule has 2 amide bonds. The molecule has 4 rings (SSSR count). The van der Waals surface area contributed by atoms with Gasteiger partial charge < -0.3 is 14.6 Å². The highest BCUT2D eigenvalue weighted by Gasteiger charge is 2.22. The van der Waals surface area contributed by atoms with E-state index in [1.807, 2.05) is 31.3 Å². The molecule has 160 valence electrons. The molecule has 0 unspecified atom stereocenters. The number of carbonyl (C=O) groups excluding carboxylic acids is 2. The SMILES string of the molecule is CN(C(=O)CNC(=O)c1ccc(-c2ccc(-c3ccncc3)cn2)o1)C1CCCCC1. The smallest absolute Gasteiger partial charge is 0.287 e. The molecule has 31 heavy (non-hydrogen) atoms. The Balaban J connectivity index is 1.34. The predicted molar refractivity (Wildman–Crippen MR) is 117 cm³/mol. The summed E-state index contributed by atoms with van der Waals surface area (Å²) in [7, 11) is 1.82. The van der Waals surface area contributed by atoms with E-state index >= 15 is 0 Å². The van der Waals surface area contributed by atoms with Gasteiger partial charge in [-0.2, -0.15) is 0 Å². The first-order chi connectivity index (χ1) is 15.1. The highest BCUT2D eigenvalue weighted by molar-refractivity contribution is 5.94. The minimum absolute atomic E-state index is 0.0409. The fraction of sp³-hybridized carbons (Fsp3) is 0.333. The lowest BCUT2D eigenvalue weighted by Crippen LogP contribution is -2.44. The summed E-state index contributed by atoms with van der Waals surface area (Å²) in [5.74, 6) is 0.158. The lowest BCUT2D eigenvalue weighted by molar-refractivity contribution is -0.131. The van der Waals surface area contributed by atoms with Crippen molar-refractivity contribution in [3.8, 4) is 22.6 Å². The summed E-state index contributed by atoms with van der Waals surface area (Å²) in [6.07, 6.45) is 10.8. The summed E-state index contributed by atoms with van der Waals surface area (Å²) in [5, 5.41) is 2.66. The van der Waals surface area contributed by atoms with Crippen LogP contribution in [0.3, 0.4) is 0 Å². The van der Waals surface area contributed by atoms with Crippen LogP contribution in [0.4, 0.5) is 0 Å². The maximum absolute atomic E-state index is 12.4. The largest absolute Gasteiger partial charge is 0.449 e. The van der Waals surface area contributed by atoms with Gasteiger partial charge in [-0.3, -0.25) is 19.6 Å². The molecule has 1 fully saturated rings. The van der Waals surface area contributed by atoms with Crippen LogP contribution >= 0.6 is 0 Å². The van der Waals surface area contributed by atoms with E-state index in [-0.39, 0.29) is 24.3 Å². The number of nitrogens with zero attached hydrogens (tertiary/aromatic N) is 3. The molecule has 0 radical (unpaired) electrons. The molecular formula is C24H26N4O3. The van der Waals surface area contributed by atoms with E-state index in [4.69, 9.17) is 4.42 Å². The van der Waals surface area contributed by atoms with E-state index in [0.717, 1.165) is 36.8 Å². The number of hydrogen-bond donors (Lipinski definition) is 1. The number of aromatic nitrogens is 2. The van der Waals surface area contributed by atoms with Crippen molar-refractivity contribution in [1.29, 1.82) is 0 Å². The summed E-state index contributed by atoms with van der Waals surface area (Å²) in [6.45, 7) is -0.0409. The van der Waals surface area contributed by atoms with Crippen molar-refractivity contribution in [2.45, 2.75) is 38.1 Å². The molecule has 3 aromatic heterocycles. The van der Waals surface area contributed by atoms with Crippen molar-refractivity contribution < 1.29 is 14.0 Å². The van der Waals surface area contributed by atoms with E-state index in [0.29, 0.717) is 11.5 Å². The second-order valence-corrected chi connectivity index (χ2v) is 7.81. The number of amides is 2. The number of likely N-dealkylation sites (N-methyl/N-ethyl adjacent to an activating group) is 1. The Morgan fingerprint density at radius 2 is 1.81 bits per heavy atom. The number of carbonyl (C=O) groups is 2. The van der Waals surface area contributed by atoms with Crippen molar-refractivity contribution in [1.82, 2.24) is 20.2 Å². The van der Waals surface area contributed by atoms with Gasteiger partial charge in [0.2, 0.25) is 5.91 Å². The Morgan fingerprint density at radius 1 is 1.03 bits per heavy atom. The molecule has 0 aliphatic heterocycles. The highest BCUT2D eigenvalue weighted by atomic mass is 16.4. The molecule has 0 aromatic carbocycles. The first-order valence-corrected chi connectivity index (χ1v) is 10.6. The van der Waals surface area contributed by atoms with Gasteiger partial charge in [-0.25, -0.2) is 0 Å². The topological polar surface area (TPSA) is 88.3 Å². The second-order valence-electron chi connectivity index (χ2n) is 7.81. The summed E-state index contributed by atoms with van der Waals surface area (Å²) in [5.41, 5.74) is 2.62. The number of furan rings is 1. The van der Waals surface area contributed by atoms with Crippen molar-refractivity contribution in [3.63, 3.8) is 0 Å². The highest BCUT2D eigenvalue weighted by Crippen LogP contribution is 2.24. The molecule has 1 N–H and O–H groups in total. The average Bonchev–Trinajstić information content (AvgIpc) is 3.33. The third-order valence-corrected chi connectivity index (χ3v) is 5.78. The van der Waals surface area contributed by atoms with E-state index in [9.17, 15) is 9.59 Å². The zero-order valence-electron chi connectivity index (χ0n) is 17.6. The molecule has 0 atom stereocenters. The van der Waals surface area contributed by atoms with Gasteiger partial charge in [0, 0.05) is 37.2 Å². The van der Waals surface area contributed by atoms with Gasteiger partial charge in [0.25, 0.3) is 5.91 Å². The first kappa shape index (κ1) is 20.8. The van der Waals surface area contributed by atoms with E-state index in [1.54, 1.807) is 35.6 Å². The zero-order chi connectivity index (χ0) is 21.6. The minimum Gasteiger partial charge on any atom is -0.449 e. The summed E-state index contributed by atoms with van der Waals surface area (Å²) >= 11 is 0. The molecule has 1 saturated carbocycles. The van der Waals surface area contributed by atoms with Crippen LogP contribution in [0.5, 0.6) is 0 Å². The van der Waals surface area contributed by atoms with Gasteiger partial charge >= 0.3 is 0 Å². The third kappa shape index (κ3) is 4.99. The molecule has 1 aliphatic carbocycles. The monoisotopic (exact) mass is 418 g/mol. The molecule has 0 bridgehead atoms. The summed E-state index contributed by atoms with van der Waals surface area (Å²) < 4.78 is 5.68. The number of rotatable bonds is 6. The molecule has 1 aliphatic rings. The molecule has 0 spiro atoms. The Labute approximate surface area is 181 Å². The molecular weight excluding hydrogens is 392 g/mol. The number of pyridine rings is 2. The molecule has 7 heteroatoms. The fourth-order valence-electron chi connectivity index (χ4n) is 3.89. The average molecular weight is 418 g/mol. The van der Waals surface area contributed by atoms with Crippen molar-refractivity contribution in [2.24, 2.45) is 0 Å². The zero-order valence-corrected chi connectivity index (χ0v) is 17.6. The first-order valence-electron chi connectivity index (χ1n) is 10.6. The van der Waals surface area contributed by atoms with Crippen LogP contribution < -0.4 is 5.32 Å². The van der Waals surface area contributed by atoms with Gasteiger partial charge in [0.05, 0.1) is 6.54 Å². The lowest BCUT2D eigenvalue weighted by Gasteiger charge is -2.31. The van der Waals surface area contributed by atoms with E-state index in [1.165, 1.54) is 6.42 Å². The second kappa shape index (κ2) is 9.55. The molecule has 0 saturated heterocycles. The predicted octanol–water partition coefficient (Wildman–Crippen LogP) is 3.92. The van der Waals surface area contributed by atoms with Crippen LogP contribution in [0.25, 0.3) is 22.6 Å². The van der Waals surface area contributed by atoms with Crippen LogP contribution in [0.2, 0.25) is 0 Å². The van der Waals surface area contributed by atoms with E-state index < -0.39 is 5.91 Å². The quantitative estimate of drug-likeness (QED) is 0.655. The Morgan fingerprint density at radius 3 is 2.52 bits per heavy atom. The van der Waals surface area contributed by atoms with Crippen molar-refractivity contribution >= 4 is 11.8 Å². The molecule has 3 heterocycles. The Bertz CT molecular complexity index is 1020.